The molecule has 0 fully saturated rings. The molecule has 0 saturated carbocycles. The molecule has 2 aromatic rings. The first-order valence-corrected chi connectivity index (χ1v) is 8.08. The first-order chi connectivity index (χ1) is 12.0. The van der Waals surface area contributed by atoms with E-state index in [2.05, 4.69) is 0 Å². The van der Waals surface area contributed by atoms with Gasteiger partial charge in [-0.1, -0.05) is 30.3 Å². The molecule has 2 aromatic carbocycles. The maximum Gasteiger partial charge on any atom is 0.335 e. The van der Waals surface area contributed by atoms with Gasteiger partial charge in [0.25, 0.3) is 0 Å². The van der Waals surface area contributed by atoms with Crippen molar-refractivity contribution in [3.63, 3.8) is 0 Å². The number of carbonyl (C=O) groups excluding carboxylic acids is 1. The largest absolute Gasteiger partial charge is 0.508 e. The molecule has 1 aliphatic carbocycles. The normalized spacial score (nSPS) is 21.6. The van der Waals surface area contributed by atoms with Gasteiger partial charge in [0.05, 0.1) is 5.56 Å². The van der Waals surface area contributed by atoms with Gasteiger partial charge >= 0.3 is 5.97 Å². The number of phenols is 1. The smallest absolute Gasteiger partial charge is 0.335 e. The third-order valence-electron chi connectivity index (χ3n) is 4.76. The summed E-state index contributed by atoms with van der Waals surface area (Å²) in [6.45, 7) is 0. The zero-order valence-corrected chi connectivity index (χ0v) is 13.3. The van der Waals surface area contributed by atoms with Gasteiger partial charge < -0.3 is 14.9 Å². The Kier molecular flexibility index (Phi) is 3.57. The Balaban J connectivity index is 1.95. The molecular formula is C20H16O5. The van der Waals surface area contributed by atoms with Crippen LogP contribution in [0.1, 0.15) is 40.2 Å². The molecule has 2 aliphatic rings. The van der Waals surface area contributed by atoms with E-state index in [0.29, 0.717) is 17.7 Å². The van der Waals surface area contributed by atoms with Gasteiger partial charge in [-0.2, -0.15) is 0 Å². The lowest BCUT2D eigenvalue weighted by molar-refractivity contribution is -0.120. The molecule has 0 amide bonds. The number of ether oxygens (including phenoxy) is 1. The average molecular weight is 336 g/mol. The lowest BCUT2D eigenvalue weighted by Gasteiger charge is -2.37. The van der Waals surface area contributed by atoms with Gasteiger partial charge in [-0.05, 0) is 23.3 Å². The van der Waals surface area contributed by atoms with Crippen LogP contribution in [0.4, 0.5) is 0 Å². The minimum atomic E-state index is -0.994. The number of phenolic OH excluding ortho intramolecular Hbond substituents is 1. The van der Waals surface area contributed by atoms with Crippen molar-refractivity contribution < 1.29 is 24.5 Å². The number of aromatic hydroxyl groups is 1. The van der Waals surface area contributed by atoms with E-state index >= 15 is 0 Å². The number of carbonyl (C=O) groups is 2. The third kappa shape index (κ3) is 2.58. The van der Waals surface area contributed by atoms with Crippen molar-refractivity contribution in [2.24, 2.45) is 0 Å². The number of benzene rings is 2. The summed E-state index contributed by atoms with van der Waals surface area (Å²) in [5, 5.41) is 19.4. The average Bonchev–Trinajstić information content (AvgIpc) is 2.59. The standard InChI is InChI=1S/C20H16O5/c21-11-5-7-15-17(9-11)25-18-10-12(22)6-8-16(18)19(15)13-3-1-2-4-14(13)20(23)24/h1-5,7-9,18-19,21H,6,10H2,(H,23,24). The second-order valence-corrected chi connectivity index (χ2v) is 6.31. The van der Waals surface area contributed by atoms with Crippen molar-refractivity contribution in [2.75, 3.05) is 0 Å². The summed E-state index contributed by atoms with van der Waals surface area (Å²) in [6, 6.07) is 11.7. The molecule has 2 atom stereocenters. The van der Waals surface area contributed by atoms with Crippen molar-refractivity contribution in [1.82, 2.24) is 0 Å². The number of fused-ring (bicyclic) bond motifs is 2. The van der Waals surface area contributed by atoms with Crippen LogP contribution in [0.3, 0.4) is 0 Å². The van der Waals surface area contributed by atoms with Crippen LogP contribution >= 0.6 is 0 Å². The summed E-state index contributed by atoms with van der Waals surface area (Å²) in [5.41, 5.74) is 2.59. The number of allylic oxidation sites excluding steroid dienone is 1. The Morgan fingerprint density at radius 2 is 1.92 bits per heavy atom. The molecule has 2 N–H and O–H groups in total. The molecule has 0 saturated heterocycles. The molecule has 0 spiro atoms. The van der Waals surface area contributed by atoms with Gasteiger partial charge in [0.15, 0.2) is 0 Å². The van der Waals surface area contributed by atoms with Gasteiger partial charge in [-0.3, -0.25) is 4.79 Å². The first kappa shape index (κ1) is 15.4. The van der Waals surface area contributed by atoms with E-state index in [-0.39, 0.29) is 29.4 Å². The minimum absolute atomic E-state index is 0.0681. The predicted molar refractivity (Wildman–Crippen MR) is 90.1 cm³/mol. The van der Waals surface area contributed by atoms with Crippen molar-refractivity contribution >= 4 is 11.8 Å². The molecule has 5 heteroatoms. The number of hydrogen-bond acceptors (Lipinski definition) is 4. The lowest BCUT2D eigenvalue weighted by Crippen LogP contribution is -2.34. The minimum Gasteiger partial charge on any atom is -0.508 e. The quantitative estimate of drug-likeness (QED) is 0.822. The summed E-state index contributed by atoms with van der Waals surface area (Å²) in [4.78, 5) is 23.5. The Labute approximate surface area is 144 Å². The topological polar surface area (TPSA) is 83.8 Å². The second kappa shape index (κ2) is 5.77. The van der Waals surface area contributed by atoms with Gasteiger partial charge in [0.2, 0.25) is 0 Å². The lowest BCUT2D eigenvalue weighted by atomic mass is 9.75. The van der Waals surface area contributed by atoms with Gasteiger partial charge in [0, 0.05) is 30.4 Å². The van der Waals surface area contributed by atoms with Gasteiger partial charge in [0.1, 0.15) is 23.4 Å². The van der Waals surface area contributed by atoms with E-state index in [4.69, 9.17) is 4.74 Å². The van der Waals surface area contributed by atoms with E-state index in [1.807, 2.05) is 6.08 Å². The fourth-order valence-corrected chi connectivity index (χ4v) is 3.67. The monoisotopic (exact) mass is 336 g/mol. The molecular weight excluding hydrogens is 320 g/mol. The third-order valence-corrected chi connectivity index (χ3v) is 4.76. The van der Waals surface area contributed by atoms with E-state index in [0.717, 1.165) is 11.1 Å². The highest BCUT2D eigenvalue weighted by Crippen LogP contribution is 2.47. The molecule has 2 unspecified atom stereocenters. The zero-order chi connectivity index (χ0) is 17.6. The number of carboxylic acids is 1. The van der Waals surface area contributed by atoms with E-state index in [1.165, 1.54) is 6.07 Å². The van der Waals surface area contributed by atoms with Crippen molar-refractivity contribution in [3.05, 3.63) is 70.8 Å². The van der Waals surface area contributed by atoms with Crippen LogP contribution in [0.2, 0.25) is 0 Å². The van der Waals surface area contributed by atoms with Crippen LogP contribution < -0.4 is 4.74 Å². The summed E-state index contributed by atoms with van der Waals surface area (Å²) >= 11 is 0. The highest BCUT2D eigenvalue weighted by molar-refractivity contribution is 5.90. The first-order valence-electron chi connectivity index (χ1n) is 8.08. The molecule has 0 radical (unpaired) electrons. The maximum atomic E-state index is 11.8. The zero-order valence-electron chi connectivity index (χ0n) is 13.3. The van der Waals surface area contributed by atoms with Crippen LogP contribution in [-0.2, 0) is 4.79 Å². The van der Waals surface area contributed by atoms with Crippen molar-refractivity contribution in [2.45, 2.75) is 24.9 Å². The summed E-state index contributed by atoms with van der Waals surface area (Å²) in [5.74, 6) is -0.663. The highest BCUT2D eigenvalue weighted by atomic mass is 16.5. The summed E-state index contributed by atoms with van der Waals surface area (Å²) in [7, 11) is 0. The predicted octanol–water partition coefficient (Wildman–Crippen LogP) is 3.27. The van der Waals surface area contributed by atoms with Gasteiger partial charge in [-0.25, -0.2) is 4.79 Å². The molecule has 25 heavy (non-hydrogen) atoms. The Hall–Kier alpha value is -3.08. The van der Waals surface area contributed by atoms with Crippen molar-refractivity contribution in [3.8, 4) is 11.5 Å². The van der Waals surface area contributed by atoms with Crippen molar-refractivity contribution in [1.29, 1.82) is 0 Å². The molecule has 0 aromatic heterocycles. The Bertz CT molecular complexity index is 912. The molecule has 0 bridgehead atoms. The van der Waals surface area contributed by atoms with Crippen LogP contribution in [-0.4, -0.2) is 28.1 Å². The fraction of sp³-hybridized carbons (Fsp3) is 0.200. The second-order valence-electron chi connectivity index (χ2n) is 6.31. The number of Topliss-reactive ketones (excluding diaryl/α,β-unsaturated/α-hetero) is 1. The number of aromatic carboxylic acids is 1. The van der Waals surface area contributed by atoms with E-state index in [1.54, 1.807) is 36.4 Å². The molecule has 1 heterocycles. The number of rotatable bonds is 2. The summed E-state index contributed by atoms with van der Waals surface area (Å²) < 4.78 is 5.94. The van der Waals surface area contributed by atoms with Gasteiger partial charge in [-0.15, -0.1) is 0 Å². The van der Waals surface area contributed by atoms with E-state index in [9.17, 15) is 19.8 Å². The number of ketones is 1. The molecule has 126 valence electrons. The van der Waals surface area contributed by atoms with Crippen LogP contribution in [0.5, 0.6) is 11.5 Å². The Morgan fingerprint density at radius 3 is 2.72 bits per heavy atom. The number of hydrogen-bond donors (Lipinski definition) is 2. The van der Waals surface area contributed by atoms with Crippen LogP contribution in [0.15, 0.2) is 54.1 Å². The van der Waals surface area contributed by atoms with E-state index < -0.39 is 12.1 Å². The highest BCUT2D eigenvalue weighted by Gasteiger charge is 2.38. The molecule has 1 aliphatic heterocycles. The number of carboxylic acid groups (broad SMARTS) is 1. The SMILES string of the molecule is O=C1CC=C2C(C1)Oc1cc(O)ccc1C2c1ccccc1C(=O)O. The Morgan fingerprint density at radius 1 is 1.12 bits per heavy atom. The van der Waals surface area contributed by atoms with Crippen LogP contribution in [0.25, 0.3) is 0 Å². The maximum absolute atomic E-state index is 11.8. The molecule has 5 nitrogen and oxygen atoms in total. The fourth-order valence-electron chi connectivity index (χ4n) is 3.67. The molecule has 4 rings (SSSR count). The van der Waals surface area contributed by atoms with Crippen LogP contribution in [0, 0.1) is 0 Å². The summed E-state index contributed by atoms with van der Waals surface area (Å²) in [6.07, 6.45) is 2.01.